The molecule has 35 heavy (non-hydrogen) atoms. The number of carbonyl (C=O) groups excluding carboxylic acids is 3. The third kappa shape index (κ3) is 6.35. The number of carbonyl (C=O) groups is 3. The number of amides is 3. The van der Waals surface area contributed by atoms with Crippen LogP contribution < -0.4 is 5.32 Å². The summed E-state index contributed by atoms with van der Waals surface area (Å²) in [6, 6.07) is 13.9. The molecule has 2 aliphatic heterocycles. The van der Waals surface area contributed by atoms with E-state index < -0.39 is 10.0 Å². The van der Waals surface area contributed by atoms with Crippen molar-refractivity contribution in [3.05, 3.63) is 59.7 Å². The lowest BCUT2D eigenvalue weighted by molar-refractivity contribution is -0.139. The number of hydrogen-bond donors (Lipinski definition) is 1. The van der Waals surface area contributed by atoms with Gasteiger partial charge in [-0.1, -0.05) is 37.1 Å². The molecule has 8 nitrogen and oxygen atoms in total. The summed E-state index contributed by atoms with van der Waals surface area (Å²) in [4.78, 5) is 37.5. The van der Waals surface area contributed by atoms with Crippen LogP contribution >= 0.6 is 0 Å². The molecule has 2 heterocycles. The molecule has 0 radical (unpaired) electrons. The molecular formula is C26H31N3O5S. The van der Waals surface area contributed by atoms with Crippen LogP contribution in [0.4, 0.5) is 5.69 Å². The Morgan fingerprint density at radius 2 is 1.37 bits per heavy atom. The summed E-state index contributed by atoms with van der Waals surface area (Å²) in [5.41, 5.74) is 2.35. The van der Waals surface area contributed by atoms with E-state index in [9.17, 15) is 22.8 Å². The first-order valence-electron chi connectivity index (χ1n) is 12.1. The Hall–Kier alpha value is -3.04. The summed E-state index contributed by atoms with van der Waals surface area (Å²) in [6.07, 6.45) is 5.22. The highest BCUT2D eigenvalue weighted by atomic mass is 32.2. The van der Waals surface area contributed by atoms with Crippen LogP contribution in [-0.4, -0.2) is 48.4 Å². The van der Waals surface area contributed by atoms with E-state index in [0.717, 1.165) is 36.8 Å². The minimum absolute atomic E-state index is 0.149. The zero-order valence-electron chi connectivity index (χ0n) is 19.7. The molecule has 0 unspecified atom stereocenters. The number of aryl methyl sites for hydroxylation is 1. The van der Waals surface area contributed by atoms with Gasteiger partial charge in [0, 0.05) is 38.0 Å². The van der Waals surface area contributed by atoms with Crippen LogP contribution in [0, 0.1) is 0 Å². The lowest BCUT2D eigenvalue weighted by Gasteiger charge is -2.20. The first kappa shape index (κ1) is 25.1. The largest absolute Gasteiger partial charge is 0.326 e. The average Bonchev–Trinajstić information content (AvgIpc) is 3.05. The van der Waals surface area contributed by atoms with Gasteiger partial charge in [-0.3, -0.25) is 19.3 Å². The molecule has 2 saturated heterocycles. The molecular weight excluding hydrogens is 466 g/mol. The predicted molar refractivity (Wildman–Crippen MR) is 132 cm³/mol. The number of likely N-dealkylation sites (tertiary alicyclic amines) is 1. The van der Waals surface area contributed by atoms with Gasteiger partial charge in [-0.15, -0.1) is 0 Å². The van der Waals surface area contributed by atoms with Gasteiger partial charge in [0.25, 0.3) is 0 Å². The fraction of sp³-hybridized carbons (Fsp3) is 0.423. The number of nitrogens with one attached hydrogen (secondary N) is 1. The number of sulfonamides is 1. The van der Waals surface area contributed by atoms with Gasteiger partial charge in [0.15, 0.2) is 0 Å². The Labute approximate surface area is 206 Å². The van der Waals surface area contributed by atoms with E-state index in [4.69, 9.17) is 0 Å². The predicted octanol–water partition coefficient (Wildman–Crippen LogP) is 3.47. The summed E-state index contributed by atoms with van der Waals surface area (Å²) in [5, 5.41) is 2.85. The number of anilines is 1. The summed E-state index contributed by atoms with van der Waals surface area (Å²) in [5.74, 6) is -0.455. The van der Waals surface area contributed by atoms with Crippen molar-refractivity contribution >= 4 is 33.4 Å². The van der Waals surface area contributed by atoms with Gasteiger partial charge >= 0.3 is 0 Å². The van der Waals surface area contributed by atoms with E-state index in [1.54, 1.807) is 52.8 Å². The molecule has 0 spiro atoms. The summed E-state index contributed by atoms with van der Waals surface area (Å²) in [7, 11) is -3.48. The van der Waals surface area contributed by atoms with E-state index in [1.165, 1.54) is 4.90 Å². The quantitative estimate of drug-likeness (QED) is 0.563. The van der Waals surface area contributed by atoms with Crippen molar-refractivity contribution in [3.8, 4) is 0 Å². The number of nitrogens with zero attached hydrogens (tertiary/aromatic N) is 2. The third-order valence-electron chi connectivity index (χ3n) is 6.50. The molecule has 1 N–H and O–H groups in total. The highest BCUT2D eigenvalue weighted by Crippen LogP contribution is 2.21. The van der Waals surface area contributed by atoms with E-state index in [2.05, 4.69) is 5.32 Å². The molecule has 3 amide bonds. The molecule has 2 fully saturated rings. The molecule has 186 valence electrons. The maximum absolute atomic E-state index is 12.9. The van der Waals surface area contributed by atoms with Crippen LogP contribution in [0.1, 0.15) is 56.1 Å². The highest BCUT2D eigenvalue weighted by molar-refractivity contribution is 7.89. The number of hydrogen-bond acceptors (Lipinski definition) is 5. The van der Waals surface area contributed by atoms with Crippen LogP contribution in [0.2, 0.25) is 0 Å². The second kappa shape index (κ2) is 11.1. The maximum atomic E-state index is 12.9. The third-order valence-corrected chi connectivity index (χ3v) is 8.41. The Balaban J connectivity index is 1.27. The molecule has 9 heteroatoms. The number of imide groups is 1. The first-order chi connectivity index (χ1) is 16.8. The second-order valence-electron chi connectivity index (χ2n) is 9.08. The Morgan fingerprint density at radius 3 is 1.97 bits per heavy atom. The standard InChI is InChI=1S/C26H31N3O5S/c30-24(27-22-10-5-21(6-11-22)19-29-25(31)15-16-26(29)32)14-9-20-7-12-23(13-8-20)35(33,34)28-17-3-1-2-4-18-28/h5-8,10-13H,1-4,9,14-19H2,(H,27,30). The van der Waals surface area contributed by atoms with Gasteiger partial charge in [0.2, 0.25) is 27.7 Å². The van der Waals surface area contributed by atoms with E-state index in [-0.39, 0.29) is 43.5 Å². The van der Waals surface area contributed by atoms with E-state index in [0.29, 0.717) is 30.1 Å². The zero-order valence-corrected chi connectivity index (χ0v) is 20.6. The molecule has 0 saturated carbocycles. The SMILES string of the molecule is O=C(CCc1ccc(S(=O)(=O)N2CCCCCC2)cc1)Nc1ccc(CN2C(=O)CCC2=O)cc1. The lowest BCUT2D eigenvalue weighted by atomic mass is 10.1. The van der Waals surface area contributed by atoms with Gasteiger partial charge in [0.1, 0.15) is 0 Å². The van der Waals surface area contributed by atoms with Gasteiger partial charge in [-0.2, -0.15) is 4.31 Å². The van der Waals surface area contributed by atoms with Gasteiger partial charge in [-0.05, 0) is 54.7 Å². The van der Waals surface area contributed by atoms with Gasteiger partial charge in [-0.25, -0.2) is 8.42 Å². The molecule has 0 atom stereocenters. The molecule has 0 bridgehead atoms. The number of benzene rings is 2. The molecule has 2 aromatic rings. The molecule has 0 aromatic heterocycles. The maximum Gasteiger partial charge on any atom is 0.243 e. The molecule has 0 aliphatic carbocycles. The monoisotopic (exact) mass is 497 g/mol. The smallest absolute Gasteiger partial charge is 0.243 e. The van der Waals surface area contributed by atoms with Crippen LogP contribution in [0.25, 0.3) is 0 Å². The summed E-state index contributed by atoms with van der Waals surface area (Å²) in [6.45, 7) is 1.38. The highest BCUT2D eigenvalue weighted by Gasteiger charge is 2.28. The van der Waals surface area contributed by atoms with Crippen molar-refractivity contribution in [2.75, 3.05) is 18.4 Å². The minimum Gasteiger partial charge on any atom is -0.326 e. The van der Waals surface area contributed by atoms with Crippen molar-refractivity contribution in [3.63, 3.8) is 0 Å². The fourth-order valence-corrected chi connectivity index (χ4v) is 5.93. The minimum atomic E-state index is -3.48. The molecule has 2 aliphatic rings. The normalized spacial score (nSPS) is 17.4. The van der Waals surface area contributed by atoms with Gasteiger partial charge in [0.05, 0.1) is 11.4 Å². The average molecular weight is 498 g/mol. The van der Waals surface area contributed by atoms with Crippen LogP contribution in [0.3, 0.4) is 0 Å². The van der Waals surface area contributed by atoms with E-state index in [1.807, 2.05) is 0 Å². The van der Waals surface area contributed by atoms with Crippen LogP contribution in [-0.2, 0) is 37.4 Å². The topological polar surface area (TPSA) is 104 Å². The Kier molecular flexibility index (Phi) is 7.97. The van der Waals surface area contributed by atoms with Crippen LogP contribution in [0.5, 0.6) is 0 Å². The fourth-order valence-electron chi connectivity index (χ4n) is 4.42. The zero-order chi connectivity index (χ0) is 24.8. The summed E-state index contributed by atoms with van der Waals surface area (Å²) >= 11 is 0. The Bertz CT molecular complexity index is 1150. The second-order valence-corrected chi connectivity index (χ2v) is 11.0. The van der Waals surface area contributed by atoms with Crippen molar-refractivity contribution in [1.29, 1.82) is 0 Å². The Morgan fingerprint density at radius 1 is 0.800 bits per heavy atom. The van der Waals surface area contributed by atoms with Gasteiger partial charge < -0.3 is 5.32 Å². The van der Waals surface area contributed by atoms with Crippen molar-refractivity contribution in [2.45, 2.75) is 62.8 Å². The first-order valence-corrected chi connectivity index (χ1v) is 13.6. The summed E-state index contributed by atoms with van der Waals surface area (Å²) < 4.78 is 27.4. The molecule has 4 rings (SSSR count). The molecule has 2 aromatic carbocycles. The number of rotatable bonds is 8. The lowest BCUT2D eigenvalue weighted by Crippen LogP contribution is -2.31. The van der Waals surface area contributed by atoms with Crippen molar-refractivity contribution in [2.24, 2.45) is 0 Å². The van der Waals surface area contributed by atoms with E-state index >= 15 is 0 Å². The van der Waals surface area contributed by atoms with Crippen LogP contribution in [0.15, 0.2) is 53.4 Å². The van der Waals surface area contributed by atoms with Crippen molar-refractivity contribution < 1.29 is 22.8 Å². The van der Waals surface area contributed by atoms with Crippen molar-refractivity contribution in [1.82, 2.24) is 9.21 Å².